The van der Waals surface area contributed by atoms with E-state index in [4.69, 9.17) is 0 Å². The first kappa shape index (κ1) is 19.0. The lowest BCUT2D eigenvalue weighted by atomic mass is 9.87. The Balaban J connectivity index is 0.00000220. The molecule has 2 fully saturated rings. The Labute approximate surface area is 147 Å². The summed E-state index contributed by atoms with van der Waals surface area (Å²) in [5.74, 6) is 2.66. The molecule has 0 spiro atoms. The molecule has 1 saturated heterocycles. The van der Waals surface area contributed by atoms with Crippen LogP contribution in [0.25, 0.3) is 0 Å². The molecule has 2 rings (SSSR count). The van der Waals surface area contributed by atoms with Gasteiger partial charge < -0.3 is 15.5 Å². The monoisotopic (exact) mass is 408 g/mol. The smallest absolute Gasteiger partial charge is 0.191 e. The minimum Gasteiger partial charge on any atom is -0.356 e. The number of hydrogen-bond acceptors (Lipinski definition) is 2. The quantitative estimate of drug-likeness (QED) is 0.429. The molecule has 0 aromatic rings. The fraction of sp³-hybridized carbons (Fsp3) is 0.938. The molecule has 0 bridgehead atoms. The van der Waals surface area contributed by atoms with Crippen molar-refractivity contribution in [1.29, 1.82) is 0 Å². The number of piperidine rings is 1. The Hall–Kier alpha value is -0.0400. The second kappa shape index (κ2) is 9.87. The zero-order valence-electron chi connectivity index (χ0n) is 13.9. The highest BCUT2D eigenvalue weighted by molar-refractivity contribution is 14.0. The number of likely N-dealkylation sites (tertiary alicyclic amines) is 1. The first-order chi connectivity index (χ1) is 9.67. The van der Waals surface area contributed by atoms with E-state index < -0.39 is 0 Å². The average Bonchev–Trinajstić information content (AvgIpc) is 2.45. The number of aliphatic imine (C=N–C) groups is 1. The van der Waals surface area contributed by atoms with Crippen LogP contribution in [0.3, 0.4) is 0 Å². The van der Waals surface area contributed by atoms with Crippen LogP contribution in [0.4, 0.5) is 0 Å². The summed E-state index contributed by atoms with van der Waals surface area (Å²) in [6.45, 7) is 5.88. The third kappa shape index (κ3) is 6.72. The van der Waals surface area contributed by atoms with Crippen molar-refractivity contribution in [2.75, 3.05) is 33.7 Å². The van der Waals surface area contributed by atoms with Gasteiger partial charge in [0.15, 0.2) is 5.96 Å². The zero-order valence-corrected chi connectivity index (χ0v) is 16.2. The lowest BCUT2D eigenvalue weighted by Gasteiger charge is -2.31. The van der Waals surface area contributed by atoms with E-state index in [2.05, 4.69) is 34.5 Å². The van der Waals surface area contributed by atoms with Gasteiger partial charge >= 0.3 is 0 Å². The van der Waals surface area contributed by atoms with E-state index >= 15 is 0 Å². The molecular formula is C16H33IN4. The molecular weight excluding hydrogens is 375 g/mol. The molecule has 1 atom stereocenters. The molecule has 2 aliphatic rings. The molecule has 1 unspecified atom stereocenters. The Kier molecular flexibility index (Phi) is 8.94. The van der Waals surface area contributed by atoms with E-state index in [0.29, 0.717) is 6.04 Å². The standard InChI is InChI=1S/C16H32N4.HI/c1-13-6-8-15(9-7-13)19-16(17-2)18-11-14-5-4-10-20(3)12-14;/h13-15H,4-12H2,1-3H3,(H2,17,18,19);1H. The van der Waals surface area contributed by atoms with Gasteiger partial charge in [0.25, 0.3) is 0 Å². The van der Waals surface area contributed by atoms with E-state index in [9.17, 15) is 0 Å². The third-order valence-corrected chi connectivity index (χ3v) is 4.86. The summed E-state index contributed by atoms with van der Waals surface area (Å²) in [6, 6.07) is 0.617. The SMILES string of the molecule is CN=C(NCC1CCCN(C)C1)NC1CCC(C)CC1.I. The summed E-state index contributed by atoms with van der Waals surface area (Å²) in [5, 5.41) is 7.13. The summed E-state index contributed by atoms with van der Waals surface area (Å²) < 4.78 is 0. The topological polar surface area (TPSA) is 39.7 Å². The van der Waals surface area contributed by atoms with Gasteiger partial charge in [0.2, 0.25) is 0 Å². The van der Waals surface area contributed by atoms with Crippen LogP contribution in [0.2, 0.25) is 0 Å². The molecule has 2 N–H and O–H groups in total. The molecule has 0 aromatic carbocycles. The minimum atomic E-state index is 0. The summed E-state index contributed by atoms with van der Waals surface area (Å²) in [6.07, 6.45) is 7.94. The van der Waals surface area contributed by atoms with Crippen molar-refractivity contribution < 1.29 is 0 Å². The summed E-state index contributed by atoms with van der Waals surface area (Å²) in [5.41, 5.74) is 0. The highest BCUT2D eigenvalue weighted by atomic mass is 127. The molecule has 21 heavy (non-hydrogen) atoms. The maximum atomic E-state index is 4.39. The average molecular weight is 408 g/mol. The van der Waals surface area contributed by atoms with Gasteiger partial charge in [-0.1, -0.05) is 6.92 Å². The normalized spacial score (nSPS) is 31.4. The fourth-order valence-corrected chi connectivity index (χ4v) is 3.47. The van der Waals surface area contributed by atoms with Gasteiger partial charge in [0.05, 0.1) is 0 Å². The number of halogens is 1. The lowest BCUT2D eigenvalue weighted by Crippen LogP contribution is -2.47. The molecule has 0 aromatic heterocycles. The Morgan fingerprint density at radius 2 is 1.90 bits per heavy atom. The summed E-state index contributed by atoms with van der Waals surface area (Å²) in [7, 11) is 4.11. The predicted octanol–water partition coefficient (Wildman–Crippen LogP) is 2.69. The van der Waals surface area contributed by atoms with Crippen LogP contribution < -0.4 is 10.6 Å². The van der Waals surface area contributed by atoms with E-state index in [-0.39, 0.29) is 24.0 Å². The van der Waals surface area contributed by atoms with Gasteiger partial charge in [0, 0.05) is 26.2 Å². The molecule has 5 heteroatoms. The van der Waals surface area contributed by atoms with Crippen molar-refractivity contribution in [2.45, 2.75) is 51.5 Å². The lowest BCUT2D eigenvalue weighted by molar-refractivity contribution is 0.210. The summed E-state index contributed by atoms with van der Waals surface area (Å²) >= 11 is 0. The van der Waals surface area contributed by atoms with Crippen molar-refractivity contribution >= 4 is 29.9 Å². The van der Waals surface area contributed by atoms with Crippen LogP contribution in [0, 0.1) is 11.8 Å². The molecule has 1 saturated carbocycles. The fourth-order valence-electron chi connectivity index (χ4n) is 3.47. The minimum absolute atomic E-state index is 0. The number of guanidine groups is 1. The van der Waals surface area contributed by atoms with Gasteiger partial charge in [-0.05, 0) is 64.0 Å². The largest absolute Gasteiger partial charge is 0.356 e. The maximum absolute atomic E-state index is 4.39. The maximum Gasteiger partial charge on any atom is 0.191 e. The molecule has 1 heterocycles. The highest BCUT2D eigenvalue weighted by Gasteiger charge is 2.20. The van der Waals surface area contributed by atoms with E-state index in [1.165, 1.54) is 51.6 Å². The van der Waals surface area contributed by atoms with Crippen LogP contribution in [-0.2, 0) is 0 Å². The predicted molar refractivity (Wildman–Crippen MR) is 102 cm³/mol. The van der Waals surface area contributed by atoms with Crippen LogP contribution in [0.15, 0.2) is 4.99 Å². The highest BCUT2D eigenvalue weighted by Crippen LogP contribution is 2.23. The first-order valence-corrected chi connectivity index (χ1v) is 8.33. The summed E-state index contributed by atoms with van der Waals surface area (Å²) in [4.78, 5) is 6.82. The van der Waals surface area contributed by atoms with Gasteiger partial charge in [-0.2, -0.15) is 0 Å². The van der Waals surface area contributed by atoms with Crippen molar-refractivity contribution in [3.8, 4) is 0 Å². The van der Waals surface area contributed by atoms with Gasteiger partial charge in [-0.3, -0.25) is 4.99 Å². The number of nitrogens with one attached hydrogen (secondary N) is 2. The molecule has 1 aliphatic carbocycles. The number of nitrogens with zero attached hydrogens (tertiary/aromatic N) is 2. The first-order valence-electron chi connectivity index (χ1n) is 8.33. The molecule has 0 radical (unpaired) electrons. The van der Waals surface area contributed by atoms with E-state index in [1.807, 2.05) is 7.05 Å². The van der Waals surface area contributed by atoms with Crippen LogP contribution in [0.1, 0.15) is 45.4 Å². The molecule has 0 amide bonds. The Bertz CT molecular complexity index is 313. The second-order valence-electron chi connectivity index (χ2n) is 6.82. The van der Waals surface area contributed by atoms with Gasteiger partial charge in [-0.25, -0.2) is 0 Å². The third-order valence-electron chi connectivity index (χ3n) is 4.86. The number of hydrogen-bond donors (Lipinski definition) is 2. The molecule has 1 aliphatic heterocycles. The van der Waals surface area contributed by atoms with Crippen LogP contribution in [-0.4, -0.2) is 50.6 Å². The molecule has 124 valence electrons. The second-order valence-corrected chi connectivity index (χ2v) is 6.82. The van der Waals surface area contributed by atoms with Gasteiger partial charge in [0.1, 0.15) is 0 Å². The Morgan fingerprint density at radius 3 is 2.52 bits per heavy atom. The van der Waals surface area contributed by atoms with E-state index in [1.54, 1.807) is 0 Å². The zero-order chi connectivity index (χ0) is 14.4. The van der Waals surface area contributed by atoms with Crippen molar-refractivity contribution in [2.24, 2.45) is 16.8 Å². The van der Waals surface area contributed by atoms with Crippen molar-refractivity contribution in [3.63, 3.8) is 0 Å². The van der Waals surface area contributed by atoms with Crippen LogP contribution >= 0.6 is 24.0 Å². The van der Waals surface area contributed by atoms with E-state index in [0.717, 1.165) is 24.3 Å². The van der Waals surface area contributed by atoms with Crippen LogP contribution in [0.5, 0.6) is 0 Å². The Morgan fingerprint density at radius 1 is 1.19 bits per heavy atom. The van der Waals surface area contributed by atoms with Crippen molar-refractivity contribution in [3.05, 3.63) is 0 Å². The van der Waals surface area contributed by atoms with Crippen molar-refractivity contribution in [1.82, 2.24) is 15.5 Å². The number of rotatable bonds is 3. The molecule has 4 nitrogen and oxygen atoms in total. The van der Waals surface area contributed by atoms with Gasteiger partial charge in [-0.15, -0.1) is 24.0 Å².